The Hall–Kier alpha value is -0.820. The standard InChI is InChI=1S/C11H15N/c1-2-8-7-9-5-3-4-6-10(9)11(8)12/h3-6,8,11H,2,7,12H2,1H3. The lowest BCUT2D eigenvalue weighted by molar-refractivity contribution is 0.453. The molecule has 1 aliphatic rings. The van der Waals surface area contributed by atoms with Gasteiger partial charge >= 0.3 is 0 Å². The normalized spacial score (nSPS) is 27.2. The fourth-order valence-electron chi connectivity index (χ4n) is 2.11. The summed E-state index contributed by atoms with van der Waals surface area (Å²) in [7, 11) is 0. The molecule has 64 valence electrons. The van der Waals surface area contributed by atoms with Crippen molar-refractivity contribution < 1.29 is 0 Å². The second kappa shape index (κ2) is 2.91. The summed E-state index contributed by atoms with van der Waals surface area (Å²) in [6, 6.07) is 8.83. The van der Waals surface area contributed by atoms with Gasteiger partial charge < -0.3 is 5.73 Å². The Bertz CT molecular complexity index is 280. The van der Waals surface area contributed by atoms with Crippen molar-refractivity contribution in [1.29, 1.82) is 0 Å². The van der Waals surface area contributed by atoms with Crippen LogP contribution in [-0.2, 0) is 6.42 Å². The highest BCUT2D eigenvalue weighted by molar-refractivity contribution is 5.35. The van der Waals surface area contributed by atoms with Crippen molar-refractivity contribution in [1.82, 2.24) is 0 Å². The molecular formula is C11H15N. The summed E-state index contributed by atoms with van der Waals surface area (Å²) in [5.41, 5.74) is 8.92. The molecule has 1 aromatic rings. The van der Waals surface area contributed by atoms with E-state index >= 15 is 0 Å². The second-order valence-corrected chi connectivity index (χ2v) is 3.60. The molecule has 0 heterocycles. The van der Waals surface area contributed by atoms with Crippen LogP contribution in [0.4, 0.5) is 0 Å². The zero-order valence-corrected chi connectivity index (χ0v) is 7.46. The van der Waals surface area contributed by atoms with Gasteiger partial charge in [-0.2, -0.15) is 0 Å². The number of nitrogens with two attached hydrogens (primary N) is 1. The van der Waals surface area contributed by atoms with E-state index in [2.05, 4.69) is 31.2 Å². The zero-order chi connectivity index (χ0) is 8.55. The van der Waals surface area contributed by atoms with Crippen molar-refractivity contribution in [2.75, 3.05) is 0 Å². The molecule has 12 heavy (non-hydrogen) atoms. The van der Waals surface area contributed by atoms with Crippen LogP contribution in [-0.4, -0.2) is 0 Å². The quantitative estimate of drug-likeness (QED) is 0.671. The van der Waals surface area contributed by atoms with Gasteiger partial charge in [-0.05, 0) is 23.5 Å². The van der Waals surface area contributed by atoms with Crippen molar-refractivity contribution in [2.45, 2.75) is 25.8 Å². The Kier molecular flexibility index (Phi) is 1.89. The van der Waals surface area contributed by atoms with Crippen LogP contribution in [0.25, 0.3) is 0 Å². The third-order valence-electron chi connectivity index (χ3n) is 2.93. The maximum absolute atomic E-state index is 6.10. The minimum absolute atomic E-state index is 0.284. The molecule has 0 spiro atoms. The Morgan fingerprint density at radius 3 is 2.83 bits per heavy atom. The van der Waals surface area contributed by atoms with Gasteiger partial charge in [-0.1, -0.05) is 37.6 Å². The summed E-state index contributed by atoms with van der Waals surface area (Å²) in [6.07, 6.45) is 2.36. The molecule has 1 nitrogen and oxygen atoms in total. The van der Waals surface area contributed by atoms with Crippen LogP contribution < -0.4 is 5.73 Å². The van der Waals surface area contributed by atoms with Crippen molar-refractivity contribution >= 4 is 0 Å². The molecule has 2 atom stereocenters. The molecule has 2 N–H and O–H groups in total. The molecule has 0 bridgehead atoms. The minimum atomic E-state index is 0.284. The maximum atomic E-state index is 6.10. The Balaban J connectivity index is 2.35. The van der Waals surface area contributed by atoms with E-state index in [9.17, 15) is 0 Å². The van der Waals surface area contributed by atoms with Crippen LogP contribution in [0, 0.1) is 5.92 Å². The highest BCUT2D eigenvalue weighted by atomic mass is 14.7. The van der Waals surface area contributed by atoms with E-state index in [0.29, 0.717) is 5.92 Å². The molecule has 0 saturated carbocycles. The van der Waals surface area contributed by atoms with Crippen LogP contribution in [0.5, 0.6) is 0 Å². The Morgan fingerprint density at radius 2 is 2.17 bits per heavy atom. The van der Waals surface area contributed by atoms with E-state index in [1.54, 1.807) is 0 Å². The maximum Gasteiger partial charge on any atom is 0.0329 e. The summed E-state index contributed by atoms with van der Waals surface area (Å²) in [5.74, 6) is 0.669. The first kappa shape index (κ1) is 7.81. The number of hydrogen-bond donors (Lipinski definition) is 1. The van der Waals surface area contributed by atoms with Crippen molar-refractivity contribution in [3.8, 4) is 0 Å². The molecule has 1 heteroatoms. The molecular weight excluding hydrogens is 146 g/mol. The van der Waals surface area contributed by atoms with Gasteiger partial charge in [0, 0.05) is 6.04 Å². The van der Waals surface area contributed by atoms with Crippen LogP contribution in [0.15, 0.2) is 24.3 Å². The van der Waals surface area contributed by atoms with Crippen LogP contribution in [0.3, 0.4) is 0 Å². The summed E-state index contributed by atoms with van der Waals surface area (Å²) < 4.78 is 0. The summed E-state index contributed by atoms with van der Waals surface area (Å²) >= 11 is 0. The molecule has 0 aliphatic heterocycles. The van der Waals surface area contributed by atoms with Crippen molar-refractivity contribution in [3.63, 3.8) is 0 Å². The lowest BCUT2D eigenvalue weighted by Gasteiger charge is -2.12. The first-order chi connectivity index (χ1) is 5.83. The van der Waals surface area contributed by atoms with Crippen molar-refractivity contribution in [3.05, 3.63) is 35.4 Å². The predicted molar refractivity (Wildman–Crippen MR) is 50.9 cm³/mol. The predicted octanol–water partition coefficient (Wildman–Crippen LogP) is 2.27. The molecule has 2 unspecified atom stereocenters. The Labute approximate surface area is 73.6 Å². The smallest absolute Gasteiger partial charge is 0.0329 e. The van der Waals surface area contributed by atoms with Gasteiger partial charge in [-0.3, -0.25) is 0 Å². The average molecular weight is 161 g/mol. The van der Waals surface area contributed by atoms with E-state index < -0.39 is 0 Å². The monoisotopic (exact) mass is 161 g/mol. The number of fused-ring (bicyclic) bond motifs is 1. The van der Waals surface area contributed by atoms with E-state index in [4.69, 9.17) is 5.73 Å². The highest BCUT2D eigenvalue weighted by Gasteiger charge is 2.27. The minimum Gasteiger partial charge on any atom is -0.324 e. The van der Waals surface area contributed by atoms with E-state index in [-0.39, 0.29) is 6.04 Å². The number of rotatable bonds is 1. The van der Waals surface area contributed by atoms with Gasteiger partial charge in [0.1, 0.15) is 0 Å². The molecule has 0 fully saturated rings. The molecule has 0 aromatic heterocycles. The highest BCUT2D eigenvalue weighted by Crippen LogP contribution is 2.35. The number of hydrogen-bond acceptors (Lipinski definition) is 1. The van der Waals surface area contributed by atoms with Crippen LogP contribution in [0.2, 0.25) is 0 Å². The second-order valence-electron chi connectivity index (χ2n) is 3.60. The lowest BCUT2D eigenvalue weighted by Crippen LogP contribution is -2.15. The molecule has 0 saturated heterocycles. The van der Waals surface area contributed by atoms with E-state index in [1.165, 1.54) is 24.0 Å². The van der Waals surface area contributed by atoms with E-state index in [1.807, 2.05) is 0 Å². The zero-order valence-electron chi connectivity index (χ0n) is 7.46. The van der Waals surface area contributed by atoms with Gasteiger partial charge in [0.2, 0.25) is 0 Å². The average Bonchev–Trinajstić information content (AvgIpc) is 2.44. The van der Waals surface area contributed by atoms with Gasteiger partial charge in [-0.15, -0.1) is 0 Å². The third-order valence-corrected chi connectivity index (χ3v) is 2.93. The van der Waals surface area contributed by atoms with Gasteiger partial charge in [0.15, 0.2) is 0 Å². The van der Waals surface area contributed by atoms with Gasteiger partial charge in [0.25, 0.3) is 0 Å². The molecule has 1 aliphatic carbocycles. The first-order valence-corrected chi connectivity index (χ1v) is 4.66. The largest absolute Gasteiger partial charge is 0.324 e. The fraction of sp³-hybridized carbons (Fsp3) is 0.455. The number of benzene rings is 1. The van der Waals surface area contributed by atoms with E-state index in [0.717, 1.165) is 0 Å². The first-order valence-electron chi connectivity index (χ1n) is 4.66. The lowest BCUT2D eigenvalue weighted by atomic mass is 9.99. The fourth-order valence-corrected chi connectivity index (χ4v) is 2.11. The van der Waals surface area contributed by atoms with Crippen molar-refractivity contribution in [2.24, 2.45) is 11.7 Å². The van der Waals surface area contributed by atoms with Crippen LogP contribution in [0.1, 0.15) is 30.5 Å². The molecule has 1 aromatic carbocycles. The van der Waals surface area contributed by atoms with Gasteiger partial charge in [0.05, 0.1) is 0 Å². The third kappa shape index (κ3) is 1.05. The topological polar surface area (TPSA) is 26.0 Å². The Morgan fingerprint density at radius 1 is 1.42 bits per heavy atom. The SMILES string of the molecule is CCC1Cc2ccccc2C1N. The summed E-state index contributed by atoms with van der Waals surface area (Å²) in [6.45, 7) is 2.22. The van der Waals surface area contributed by atoms with Crippen LogP contribution >= 0.6 is 0 Å². The van der Waals surface area contributed by atoms with Gasteiger partial charge in [-0.25, -0.2) is 0 Å². The molecule has 0 amide bonds. The molecule has 0 radical (unpaired) electrons. The summed E-state index contributed by atoms with van der Waals surface area (Å²) in [4.78, 5) is 0. The summed E-state index contributed by atoms with van der Waals surface area (Å²) in [5, 5.41) is 0. The molecule has 2 rings (SSSR count).